The topological polar surface area (TPSA) is 49.4 Å². The molecule has 0 atom stereocenters. The van der Waals surface area contributed by atoms with E-state index in [0.29, 0.717) is 18.0 Å². The maximum absolute atomic E-state index is 12.9. The van der Waals surface area contributed by atoms with Crippen molar-refractivity contribution >= 4 is 23.4 Å². The third-order valence-corrected chi connectivity index (χ3v) is 3.97. The molecule has 132 valence electrons. The van der Waals surface area contributed by atoms with Gasteiger partial charge in [0.25, 0.3) is 0 Å². The van der Waals surface area contributed by atoms with Gasteiger partial charge in [0.05, 0.1) is 6.54 Å². The normalized spacial score (nSPS) is 10.4. The highest BCUT2D eigenvalue weighted by atomic mass is 35.5. The van der Waals surface area contributed by atoms with Crippen LogP contribution < -0.4 is 5.32 Å². The number of hydrogen-bond donors (Lipinski definition) is 1. The number of carbonyl (C=O) groups is 2. The van der Waals surface area contributed by atoms with Gasteiger partial charge in [-0.3, -0.25) is 9.59 Å². The summed E-state index contributed by atoms with van der Waals surface area (Å²) in [6.45, 7) is 2.11. The fraction of sp³-hybridized carbons (Fsp3) is 0.263. The van der Waals surface area contributed by atoms with Crippen LogP contribution in [0, 0.1) is 5.82 Å². The molecule has 0 aromatic heterocycles. The van der Waals surface area contributed by atoms with Gasteiger partial charge in [0.2, 0.25) is 11.8 Å². The van der Waals surface area contributed by atoms with Gasteiger partial charge in [-0.05, 0) is 41.8 Å². The van der Waals surface area contributed by atoms with Gasteiger partial charge in [-0.25, -0.2) is 4.39 Å². The Morgan fingerprint density at radius 3 is 2.24 bits per heavy atom. The van der Waals surface area contributed by atoms with Gasteiger partial charge in [-0.15, -0.1) is 0 Å². The summed E-state index contributed by atoms with van der Waals surface area (Å²) in [7, 11) is 0. The minimum Gasteiger partial charge on any atom is -0.354 e. The summed E-state index contributed by atoms with van der Waals surface area (Å²) in [5.41, 5.74) is 1.84. The average Bonchev–Trinajstić information content (AvgIpc) is 2.58. The maximum atomic E-state index is 12.9. The summed E-state index contributed by atoms with van der Waals surface area (Å²) in [5.74, 6) is -0.776. The number of rotatable bonds is 7. The van der Waals surface area contributed by atoms with Crippen molar-refractivity contribution in [3.05, 3.63) is 70.5 Å². The molecule has 2 aromatic carbocycles. The first-order valence-corrected chi connectivity index (χ1v) is 8.33. The zero-order valence-corrected chi connectivity index (χ0v) is 14.7. The summed E-state index contributed by atoms with van der Waals surface area (Å²) < 4.78 is 12.9. The van der Waals surface area contributed by atoms with Gasteiger partial charge < -0.3 is 10.2 Å². The van der Waals surface area contributed by atoms with Gasteiger partial charge in [0.1, 0.15) is 5.82 Å². The predicted octanol–water partition coefficient (Wildman–Crippen LogP) is 3.19. The molecule has 0 aliphatic carbocycles. The van der Waals surface area contributed by atoms with Crippen molar-refractivity contribution in [1.82, 2.24) is 10.2 Å². The Kier molecular flexibility index (Phi) is 6.95. The van der Waals surface area contributed by atoms with Crippen molar-refractivity contribution in [3.63, 3.8) is 0 Å². The Bertz CT molecular complexity index is 717. The Morgan fingerprint density at radius 1 is 1.04 bits per heavy atom. The summed E-state index contributed by atoms with van der Waals surface area (Å²) in [4.78, 5) is 25.2. The van der Waals surface area contributed by atoms with Crippen molar-refractivity contribution in [2.45, 2.75) is 19.9 Å². The van der Waals surface area contributed by atoms with E-state index in [1.807, 2.05) is 12.1 Å². The van der Waals surface area contributed by atoms with E-state index in [2.05, 4.69) is 5.32 Å². The Balaban J connectivity index is 1.82. The molecule has 1 N–H and O–H groups in total. The molecule has 0 saturated carbocycles. The van der Waals surface area contributed by atoms with Crippen LogP contribution in [-0.4, -0.2) is 29.8 Å². The molecule has 4 nitrogen and oxygen atoms in total. The molecular formula is C19H20ClFN2O2. The smallest absolute Gasteiger partial charge is 0.239 e. The van der Waals surface area contributed by atoms with Crippen LogP contribution in [0.15, 0.2) is 48.5 Å². The van der Waals surface area contributed by atoms with Crippen LogP contribution >= 0.6 is 11.6 Å². The third-order valence-electron chi connectivity index (χ3n) is 3.72. The van der Waals surface area contributed by atoms with Gasteiger partial charge >= 0.3 is 0 Å². The van der Waals surface area contributed by atoms with E-state index < -0.39 is 0 Å². The van der Waals surface area contributed by atoms with E-state index in [0.717, 1.165) is 11.1 Å². The lowest BCUT2D eigenvalue weighted by Crippen LogP contribution is -2.39. The lowest BCUT2D eigenvalue weighted by atomic mass is 10.1. The molecule has 0 aliphatic rings. The molecule has 2 amide bonds. The number of carbonyl (C=O) groups excluding carboxylic acids is 2. The molecule has 2 rings (SSSR count). The number of halogens is 2. The van der Waals surface area contributed by atoms with Crippen molar-refractivity contribution in [3.8, 4) is 0 Å². The van der Waals surface area contributed by atoms with Gasteiger partial charge in [-0.1, -0.05) is 35.9 Å². The monoisotopic (exact) mass is 362 g/mol. The van der Waals surface area contributed by atoms with E-state index in [9.17, 15) is 14.0 Å². The lowest BCUT2D eigenvalue weighted by molar-refractivity contribution is -0.134. The summed E-state index contributed by atoms with van der Waals surface area (Å²) in [6.07, 6.45) is 0.681. The van der Waals surface area contributed by atoms with Crippen molar-refractivity contribution in [1.29, 1.82) is 0 Å². The van der Waals surface area contributed by atoms with Crippen LogP contribution in [0.3, 0.4) is 0 Å². The highest BCUT2D eigenvalue weighted by molar-refractivity contribution is 6.30. The molecule has 0 spiro atoms. The predicted molar refractivity (Wildman–Crippen MR) is 95.7 cm³/mol. The van der Waals surface area contributed by atoms with E-state index in [1.165, 1.54) is 24.0 Å². The van der Waals surface area contributed by atoms with Crippen LogP contribution in [0.1, 0.15) is 18.1 Å². The zero-order valence-electron chi connectivity index (χ0n) is 14.0. The molecule has 2 aromatic rings. The van der Waals surface area contributed by atoms with E-state index >= 15 is 0 Å². The highest BCUT2D eigenvalue weighted by Crippen LogP contribution is 2.10. The van der Waals surface area contributed by atoms with Gasteiger partial charge in [-0.2, -0.15) is 0 Å². The van der Waals surface area contributed by atoms with Crippen LogP contribution in [-0.2, 0) is 22.6 Å². The first kappa shape index (κ1) is 18.9. The standard InChI is InChI=1S/C19H20ClFN2O2/c1-14(24)23(12-16-4-8-18(21)9-5-16)13-19(25)22-11-10-15-2-6-17(20)7-3-15/h2-9H,10-13H2,1H3,(H,22,25). The van der Waals surface area contributed by atoms with E-state index in [4.69, 9.17) is 11.6 Å². The molecule has 6 heteroatoms. The molecule has 0 bridgehead atoms. The largest absolute Gasteiger partial charge is 0.354 e. The third kappa shape index (κ3) is 6.55. The second-order valence-corrected chi connectivity index (χ2v) is 6.16. The van der Waals surface area contributed by atoms with Crippen molar-refractivity contribution < 1.29 is 14.0 Å². The molecule has 0 radical (unpaired) electrons. The maximum Gasteiger partial charge on any atom is 0.239 e. The summed E-state index contributed by atoms with van der Waals surface area (Å²) >= 11 is 5.83. The summed E-state index contributed by atoms with van der Waals surface area (Å²) in [5, 5.41) is 3.47. The molecular weight excluding hydrogens is 343 g/mol. The van der Waals surface area contributed by atoms with E-state index in [1.54, 1.807) is 24.3 Å². The van der Waals surface area contributed by atoms with Gasteiger partial charge in [0.15, 0.2) is 0 Å². The first-order chi connectivity index (χ1) is 11.9. The van der Waals surface area contributed by atoms with Crippen LogP contribution in [0.25, 0.3) is 0 Å². The zero-order chi connectivity index (χ0) is 18.2. The molecule has 0 aliphatic heterocycles. The lowest BCUT2D eigenvalue weighted by Gasteiger charge is -2.20. The van der Waals surface area contributed by atoms with Crippen LogP contribution in [0.4, 0.5) is 4.39 Å². The van der Waals surface area contributed by atoms with Gasteiger partial charge in [0, 0.05) is 25.0 Å². The fourth-order valence-corrected chi connectivity index (χ4v) is 2.44. The highest BCUT2D eigenvalue weighted by Gasteiger charge is 2.14. The molecule has 0 unspecified atom stereocenters. The molecule has 0 fully saturated rings. The first-order valence-electron chi connectivity index (χ1n) is 7.95. The second-order valence-electron chi connectivity index (χ2n) is 5.73. The van der Waals surface area contributed by atoms with E-state index in [-0.39, 0.29) is 30.7 Å². The number of amides is 2. The Morgan fingerprint density at radius 2 is 1.64 bits per heavy atom. The number of benzene rings is 2. The minimum absolute atomic E-state index is 0.0344. The quantitative estimate of drug-likeness (QED) is 0.822. The summed E-state index contributed by atoms with van der Waals surface area (Å²) in [6, 6.07) is 13.3. The average molecular weight is 363 g/mol. The SMILES string of the molecule is CC(=O)N(CC(=O)NCCc1ccc(Cl)cc1)Cc1ccc(F)cc1. The molecule has 0 heterocycles. The van der Waals surface area contributed by atoms with Crippen molar-refractivity contribution in [2.75, 3.05) is 13.1 Å². The fourth-order valence-electron chi connectivity index (χ4n) is 2.32. The van der Waals surface area contributed by atoms with Crippen LogP contribution in [0.2, 0.25) is 5.02 Å². The van der Waals surface area contributed by atoms with Crippen molar-refractivity contribution in [2.24, 2.45) is 0 Å². The number of hydrogen-bond acceptors (Lipinski definition) is 2. The molecule has 25 heavy (non-hydrogen) atoms. The number of nitrogens with one attached hydrogen (secondary N) is 1. The Labute approximate surface area is 151 Å². The number of nitrogens with zero attached hydrogens (tertiary/aromatic N) is 1. The minimum atomic E-state index is -0.335. The molecule has 0 saturated heterocycles. The second kappa shape index (κ2) is 9.18. The van der Waals surface area contributed by atoms with Crippen LogP contribution in [0.5, 0.6) is 0 Å². The Hall–Kier alpha value is -2.40.